The van der Waals surface area contributed by atoms with E-state index in [1.165, 1.54) is 0 Å². The molecule has 8 nitrogen and oxygen atoms in total. The van der Waals surface area contributed by atoms with Gasteiger partial charge in [-0.1, -0.05) is 55.8 Å². The van der Waals surface area contributed by atoms with Crippen molar-refractivity contribution in [2.24, 2.45) is 0 Å². The van der Waals surface area contributed by atoms with Crippen molar-refractivity contribution in [2.75, 3.05) is 33.3 Å². The summed E-state index contributed by atoms with van der Waals surface area (Å²) in [5, 5.41) is 5.66. The van der Waals surface area contributed by atoms with Gasteiger partial charge in [0.15, 0.2) is 0 Å². The van der Waals surface area contributed by atoms with E-state index in [2.05, 4.69) is 29.4 Å². The molecule has 182 valence electrons. The Hall–Kier alpha value is -3.39. The summed E-state index contributed by atoms with van der Waals surface area (Å²) in [5.41, 5.74) is 1.55. The quantitative estimate of drug-likeness (QED) is 0.526. The van der Waals surface area contributed by atoms with Gasteiger partial charge in [0.2, 0.25) is 5.91 Å². The monoisotopic (exact) mass is 466 g/mol. The van der Waals surface area contributed by atoms with Crippen LogP contribution in [-0.2, 0) is 15.1 Å². The van der Waals surface area contributed by atoms with Crippen LogP contribution in [0.25, 0.3) is 0 Å². The number of nitrogens with zero attached hydrogens (tertiary/aromatic N) is 2. The first-order valence-electron chi connectivity index (χ1n) is 11.6. The highest BCUT2D eigenvalue weighted by atomic mass is 16.5. The maximum Gasteiger partial charge on any atom is 0.325 e. The van der Waals surface area contributed by atoms with Gasteiger partial charge in [0, 0.05) is 6.54 Å². The van der Waals surface area contributed by atoms with Crippen LogP contribution in [0.15, 0.2) is 48.5 Å². The molecule has 0 spiro atoms. The van der Waals surface area contributed by atoms with Crippen LogP contribution in [-0.4, -0.2) is 60.9 Å². The number of imide groups is 1. The van der Waals surface area contributed by atoms with Crippen molar-refractivity contribution < 1.29 is 19.1 Å². The fraction of sp³-hybridized carbons (Fsp3) is 0.423. The van der Waals surface area contributed by atoms with Crippen LogP contribution in [0, 0.1) is 6.92 Å². The van der Waals surface area contributed by atoms with Crippen molar-refractivity contribution in [1.82, 2.24) is 20.4 Å². The molecule has 1 saturated heterocycles. The maximum atomic E-state index is 13.1. The highest BCUT2D eigenvalue weighted by Crippen LogP contribution is 2.29. The van der Waals surface area contributed by atoms with Crippen molar-refractivity contribution in [3.05, 3.63) is 65.2 Å². The molecule has 1 heterocycles. The third kappa shape index (κ3) is 5.22. The third-order valence-corrected chi connectivity index (χ3v) is 6.43. The molecule has 0 aromatic heterocycles. The SMILES string of the molecule is CCN(CC)[C@H](CNC(=O)CN1C(=O)N[C@](C)(c2ccc(C)cc2)C1=O)c1cccc(OC)c1. The molecule has 0 unspecified atom stereocenters. The van der Waals surface area contributed by atoms with Gasteiger partial charge in [0.1, 0.15) is 17.8 Å². The van der Waals surface area contributed by atoms with E-state index >= 15 is 0 Å². The summed E-state index contributed by atoms with van der Waals surface area (Å²) in [6.45, 7) is 9.35. The summed E-state index contributed by atoms with van der Waals surface area (Å²) in [6.07, 6.45) is 0. The number of hydrogen-bond acceptors (Lipinski definition) is 5. The topological polar surface area (TPSA) is 91.0 Å². The number of urea groups is 1. The minimum absolute atomic E-state index is 0.0741. The van der Waals surface area contributed by atoms with E-state index in [0.29, 0.717) is 12.1 Å². The number of benzene rings is 2. The summed E-state index contributed by atoms with van der Waals surface area (Å²) in [7, 11) is 1.62. The van der Waals surface area contributed by atoms with Crippen molar-refractivity contribution in [1.29, 1.82) is 0 Å². The van der Waals surface area contributed by atoms with Gasteiger partial charge < -0.3 is 15.4 Å². The van der Waals surface area contributed by atoms with Crippen LogP contribution in [0.4, 0.5) is 4.79 Å². The molecule has 2 N–H and O–H groups in total. The zero-order chi connectivity index (χ0) is 24.9. The van der Waals surface area contributed by atoms with Gasteiger partial charge >= 0.3 is 6.03 Å². The van der Waals surface area contributed by atoms with Crippen molar-refractivity contribution >= 4 is 17.8 Å². The number of carbonyl (C=O) groups excluding carboxylic acids is 3. The molecule has 3 rings (SSSR count). The summed E-state index contributed by atoms with van der Waals surface area (Å²) in [5.74, 6) is -0.0861. The Labute approximate surface area is 201 Å². The molecule has 1 aliphatic rings. The van der Waals surface area contributed by atoms with E-state index in [-0.39, 0.29) is 12.6 Å². The van der Waals surface area contributed by atoms with E-state index in [1.807, 2.05) is 55.5 Å². The smallest absolute Gasteiger partial charge is 0.325 e. The number of carbonyl (C=O) groups is 3. The van der Waals surface area contributed by atoms with Crippen LogP contribution in [0.2, 0.25) is 0 Å². The molecule has 34 heavy (non-hydrogen) atoms. The van der Waals surface area contributed by atoms with Gasteiger partial charge in [-0.25, -0.2) is 4.79 Å². The number of nitrogens with one attached hydrogen (secondary N) is 2. The van der Waals surface area contributed by atoms with Gasteiger partial charge in [0.05, 0.1) is 13.2 Å². The molecule has 0 saturated carbocycles. The molecule has 4 amide bonds. The predicted molar refractivity (Wildman–Crippen MR) is 130 cm³/mol. The minimum Gasteiger partial charge on any atom is -0.497 e. The Morgan fingerprint density at radius 3 is 2.44 bits per heavy atom. The molecule has 0 radical (unpaired) electrons. The third-order valence-electron chi connectivity index (χ3n) is 6.43. The number of methoxy groups -OCH3 is 1. The van der Waals surface area contributed by atoms with E-state index in [1.54, 1.807) is 14.0 Å². The summed E-state index contributed by atoms with van der Waals surface area (Å²) >= 11 is 0. The second-order valence-corrected chi connectivity index (χ2v) is 8.63. The molecular formula is C26H34N4O4. The van der Waals surface area contributed by atoms with Crippen LogP contribution in [0.3, 0.4) is 0 Å². The molecule has 0 aliphatic carbocycles. The molecule has 8 heteroatoms. The Morgan fingerprint density at radius 2 is 1.82 bits per heavy atom. The van der Waals surface area contributed by atoms with Crippen molar-refractivity contribution in [3.8, 4) is 5.75 Å². The summed E-state index contributed by atoms with van der Waals surface area (Å²) < 4.78 is 5.36. The van der Waals surface area contributed by atoms with Crippen LogP contribution < -0.4 is 15.4 Å². The van der Waals surface area contributed by atoms with Crippen LogP contribution in [0.1, 0.15) is 43.5 Å². The lowest BCUT2D eigenvalue weighted by Gasteiger charge is -2.30. The fourth-order valence-corrected chi connectivity index (χ4v) is 4.30. The number of ether oxygens (including phenoxy) is 1. The molecule has 1 aliphatic heterocycles. The number of amides is 4. The highest BCUT2D eigenvalue weighted by molar-refractivity contribution is 6.09. The highest BCUT2D eigenvalue weighted by Gasteiger charge is 2.49. The molecule has 1 fully saturated rings. The van der Waals surface area contributed by atoms with Crippen LogP contribution >= 0.6 is 0 Å². The lowest BCUT2D eigenvalue weighted by atomic mass is 9.91. The first kappa shape index (κ1) is 25.2. The predicted octanol–water partition coefficient (Wildman–Crippen LogP) is 2.97. The minimum atomic E-state index is -1.20. The molecule has 2 aromatic rings. The van der Waals surface area contributed by atoms with Gasteiger partial charge in [-0.3, -0.25) is 19.4 Å². The average molecular weight is 467 g/mol. The lowest BCUT2D eigenvalue weighted by Crippen LogP contribution is -2.45. The van der Waals surface area contributed by atoms with Gasteiger partial charge in [-0.15, -0.1) is 0 Å². The lowest BCUT2D eigenvalue weighted by molar-refractivity contribution is -0.134. The second-order valence-electron chi connectivity index (χ2n) is 8.63. The van der Waals surface area contributed by atoms with Gasteiger partial charge in [-0.2, -0.15) is 0 Å². The fourth-order valence-electron chi connectivity index (χ4n) is 4.30. The van der Waals surface area contributed by atoms with Gasteiger partial charge in [-0.05, 0) is 50.2 Å². The zero-order valence-electron chi connectivity index (χ0n) is 20.6. The maximum absolute atomic E-state index is 13.1. The van der Waals surface area contributed by atoms with E-state index < -0.39 is 23.4 Å². The van der Waals surface area contributed by atoms with Gasteiger partial charge in [0.25, 0.3) is 5.91 Å². The molecule has 2 atom stereocenters. The van der Waals surface area contributed by atoms with E-state index in [0.717, 1.165) is 34.9 Å². The molecule has 0 bridgehead atoms. The van der Waals surface area contributed by atoms with E-state index in [4.69, 9.17) is 4.74 Å². The first-order valence-corrected chi connectivity index (χ1v) is 11.6. The Bertz CT molecular complexity index is 1040. The van der Waals surface area contributed by atoms with Crippen molar-refractivity contribution in [3.63, 3.8) is 0 Å². The number of aryl methyl sites for hydroxylation is 1. The Balaban J connectivity index is 1.70. The van der Waals surface area contributed by atoms with Crippen LogP contribution in [0.5, 0.6) is 5.75 Å². The van der Waals surface area contributed by atoms with E-state index in [9.17, 15) is 14.4 Å². The average Bonchev–Trinajstić information content (AvgIpc) is 3.05. The number of rotatable bonds is 10. The zero-order valence-corrected chi connectivity index (χ0v) is 20.6. The summed E-state index contributed by atoms with van der Waals surface area (Å²) in [6, 6.07) is 14.5. The Kier molecular flexibility index (Phi) is 7.94. The second kappa shape index (κ2) is 10.7. The van der Waals surface area contributed by atoms with Crippen molar-refractivity contribution in [2.45, 2.75) is 39.3 Å². The molecule has 2 aromatic carbocycles. The Morgan fingerprint density at radius 1 is 1.15 bits per heavy atom. The molecular weight excluding hydrogens is 432 g/mol. The number of hydrogen-bond donors (Lipinski definition) is 2. The summed E-state index contributed by atoms with van der Waals surface area (Å²) in [4.78, 5) is 41.8. The largest absolute Gasteiger partial charge is 0.497 e. The first-order chi connectivity index (χ1) is 16.2. The number of likely N-dealkylation sites (N-methyl/N-ethyl adjacent to an activating group) is 1. The standard InChI is InChI=1S/C26H34N4O4/c1-6-29(7-2)22(19-9-8-10-21(15-19)34-5)16-27-23(31)17-30-24(32)26(4,28-25(30)33)20-13-11-18(3)12-14-20/h8-15,22H,6-7,16-17H2,1-5H3,(H,27,31)(H,28,33)/t22-,26-/m1/s1. The normalized spacial score (nSPS) is 18.7.